The van der Waals surface area contributed by atoms with Gasteiger partial charge < -0.3 is 0 Å². The van der Waals surface area contributed by atoms with E-state index in [0.29, 0.717) is 0 Å². The average Bonchev–Trinajstić information content (AvgIpc) is 2.84. The summed E-state index contributed by atoms with van der Waals surface area (Å²) in [5.41, 5.74) is 0. The van der Waals surface area contributed by atoms with E-state index in [9.17, 15) is 0 Å². The lowest BCUT2D eigenvalue weighted by atomic mass is 10.1. The van der Waals surface area contributed by atoms with Crippen LogP contribution in [0.15, 0.2) is 0 Å². The maximum atomic E-state index is 2.80. The molecular weight excluding hydrogens is 184 g/mol. The van der Waals surface area contributed by atoms with E-state index in [1.807, 2.05) is 0 Å². The molecule has 3 unspecified atom stereocenters. The molecule has 2 saturated heterocycles. The number of nitrogens with zero attached hydrogens (tertiary/aromatic N) is 2. The molecule has 0 N–H and O–H groups in total. The van der Waals surface area contributed by atoms with Crippen molar-refractivity contribution in [3.8, 4) is 0 Å². The molecule has 0 bridgehead atoms. The van der Waals surface area contributed by atoms with Crippen LogP contribution in [-0.4, -0.2) is 48.1 Å². The standard InChI is InChI=1S/C13H24N2/c1-11-4-5-12(9-11)15-8-7-14-6-2-3-13(14)10-15/h11-13H,2-10H2,1H3. The molecule has 0 aromatic heterocycles. The highest BCUT2D eigenvalue weighted by Crippen LogP contribution is 2.31. The second-order valence-electron chi connectivity index (χ2n) is 5.90. The molecule has 3 aliphatic rings. The van der Waals surface area contributed by atoms with Gasteiger partial charge >= 0.3 is 0 Å². The van der Waals surface area contributed by atoms with E-state index in [2.05, 4.69) is 16.7 Å². The largest absolute Gasteiger partial charge is 0.298 e. The molecule has 2 nitrogen and oxygen atoms in total. The van der Waals surface area contributed by atoms with Crippen molar-refractivity contribution in [3.05, 3.63) is 0 Å². The van der Waals surface area contributed by atoms with Crippen LogP contribution in [0.4, 0.5) is 0 Å². The predicted octanol–water partition coefficient (Wildman–Crippen LogP) is 1.95. The van der Waals surface area contributed by atoms with Crippen LogP contribution in [0.25, 0.3) is 0 Å². The van der Waals surface area contributed by atoms with Gasteiger partial charge in [-0.1, -0.05) is 6.92 Å². The Labute approximate surface area is 93.6 Å². The summed E-state index contributed by atoms with van der Waals surface area (Å²) in [5, 5.41) is 0. The monoisotopic (exact) mass is 208 g/mol. The summed E-state index contributed by atoms with van der Waals surface area (Å²) >= 11 is 0. The highest BCUT2D eigenvalue weighted by molar-refractivity contribution is 4.91. The molecule has 3 fully saturated rings. The van der Waals surface area contributed by atoms with Gasteiger partial charge in [-0.2, -0.15) is 0 Å². The first-order chi connectivity index (χ1) is 7.33. The van der Waals surface area contributed by atoms with Crippen molar-refractivity contribution >= 4 is 0 Å². The van der Waals surface area contributed by atoms with Gasteiger partial charge in [0.05, 0.1) is 0 Å². The zero-order valence-electron chi connectivity index (χ0n) is 9.99. The molecule has 2 aliphatic heterocycles. The highest BCUT2D eigenvalue weighted by atomic mass is 15.3. The fraction of sp³-hybridized carbons (Fsp3) is 1.00. The van der Waals surface area contributed by atoms with Gasteiger partial charge in [0.1, 0.15) is 0 Å². The third-order valence-electron chi connectivity index (χ3n) is 4.80. The molecule has 1 saturated carbocycles. The second kappa shape index (κ2) is 4.06. The van der Waals surface area contributed by atoms with Crippen LogP contribution in [0.1, 0.15) is 39.0 Å². The van der Waals surface area contributed by atoms with Crippen LogP contribution in [0, 0.1) is 5.92 Å². The number of hydrogen-bond donors (Lipinski definition) is 0. The van der Waals surface area contributed by atoms with E-state index in [4.69, 9.17) is 0 Å². The van der Waals surface area contributed by atoms with Crippen molar-refractivity contribution in [1.29, 1.82) is 0 Å². The van der Waals surface area contributed by atoms with Crippen molar-refractivity contribution < 1.29 is 0 Å². The quantitative estimate of drug-likeness (QED) is 0.650. The molecule has 0 aromatic rings. The van der Waals surface area contributed by atoms with Crippen molar-refractivity contribution in [2.75, 3.05) is 26.2 Å². The summed E-state index contributed by atoms with van der Waals surface area (Å²) in [7, 11) is 0. The zero-order valence-corrected chi connectivity index (χ0v) is 9.99. The van der Waals surface area contributed by atoms with Crippen molar-refractivity contribution in [2.24, 2.45) is 5.92 Å². The second-order valence-corrected chi connectivity index (χ2v) is 5.90. The maximum Gasteiger partial charge on any atom is 0.0224 e. The Morgan fingerprint density at radius 1 is 0.867 bits per heavy atom. The van der Waals surface area contributed by atoms with E-state index in [1.165, 1.54) is 58.3 Å². The number of hydrogen-bond acceptors (Lipinski definition) is 2. The first kappa shape index (κ1) is 10.1. The minimum atomic E-state index is 0.912. The van der Waals surface area contributed by atoms with Gasteiger partial charge in [0.2, 0.25) is 0 Å². The molecule has 3 atom stereocenters. The fourth-order valence-electron chi connectivity index (χ4n) is 3.86. The fourth-order valence-corrected chi connectivity index (χ4v) is 3.86. The SMILES string of the molecule is CC1CCC(N2CCN3CCCC3C2)C1. The van der Waals surface area contributed by atoms with Crippen LogP contribution in [0.5, 0.6) is 0 Å². The summed E-state index contributed by atoms with van der Waals surface area (Å²) in [6.45, 7) is 7.85. The van der Waals surface area contributed by atoms with Gasteiger partial charge in [-0.25, -0.2) is 0 Å². The Morgan fingerprint density at radius 3 is 2.53 bits per heavy atom. The lowest BCUT2D eigenvalue weighted by Gasteiger charge is -2.40. The number of fused-ring (bicyclic) bond motifs is 1. The van der Waals surface area contributed by atoms with Gasteiger partial charge in [-0.15, -0.1) is 0 Å². The van der Waals surface area contributed by atoms with Crippen molar-refractivity contribution in [3.63, 3.8) is 0 Å². The van der Waals surface area contributed by atoms with E-state index < -0.39 is 0 Å². The maximum absolute atomic E-state index is 2.80. The van der Waals surface area contributed by atoms with Crippen LogP contribution >= 0.6 is 0 Å². The van der Waals surface area contributed by atoms with Crippen LogP contribution in [0.3, 0.4) is 0 Å². The lowest BCUT2D eigenvalue weighted by molar-refractivity contribution is 0.0723. The van der Waals surface area contributed by atoms with Crippen LogP contribution in [0.2, 0.25) is 0 Å². The summed E-state index contributed by atoms with van der Waals surface area (Å²) < 4.78 is 0. The van der Waals surface area contributed by atoms with Crippen LogP contribution < -0.4 is 0 Å². The first-order valence-corrected chi connectivity index (χ1v) is 6.81. The molecule has 0 radical (unpaired) electrons. The lowest BCUT2D eigenvalue weighted by Crippen LogP contribution is -2.52. The molecule has 2 heterocycles. The topological polar surface area (TPSA) is 6.48 Å². The predicted molar refractivity (Wildman–Crippen MR) is 63.0 cm³/mol. The Morgan fingerprint density at radius 2 is 1.73 bits per heavy atom. The minimum absolute atomic E-state index is 0.912. The average molecular weight is 208 g/mol. The summed E-state index contributed by atoms with van der Waals surface area (Å²) in [5.74, 6) is 0.983. The van der Waals surface area contributed by atoms with Gasteiger partial charge in [0.15, 0.2) is 0 Å². The van der Waals surface area contributed by atoms with Crippen molar-refractivity contribution in [2.45, 2.75) is 51.1 Å². The van der Waals surface area contributed by atoms with Gasteiger partial charge in [0, 0.05) is 31.7 Å². The van der Waals surface area contributed by atoms with Crippen LogP contribution in [-0.2, 0) is 0 Å². The molecule has 15 heavy (non-hydrogen) atoms. The number of rotatable bonds is 1. The zero-order chi connectivity index (χ0) is 10.3. The summed E-state index contributed by atoms with van der Waals surface area (Å²) in [6.07, 6.45) is 7.30. The molecule has 0 spiro atoms. The van der Waals surface area contributed by atoms with E-state index in [0.717, 1.165) is 18.0 Å². The molecule has 0 amide bonds. The normalized spacial score (nSPS) is 43.4. The summed E-state index contributed by atoms with van der Waals surface area (Å²) in [4.78, 5) is 5.52. The molecule has 0 aromatic carbocycles. The van der Waals surface area contributed by atoms with E-state index in [1.54, 1.807) is 0 Å². The molecule has 2 heteroatoms. The molecular formula is C13H24N2. The van der Waals surface area contributed by atoms with Gasteiger partial charge in [-0.3, -0.25) is 9.80 Å². The van der Waals surface area contributed by atoms with Gasteiger partial charge in [-0.05, 0) is 44.6 Å². The summed E-state index contributed by atoms with van der Waals surface area (Å²) in [6, 6.07) is 1.84. The third-order valence-corrected chi connectivity index (χ3v) is 4.80. The van der Waals surface area contributed by atoms with Gasteiger partial charge in [0.25, 0.3) is 0 Å². The Kier molecular flexibility index (Phi) is 2.73. The molecule has 3 rings (SSSR count). The smallest absolute Gasteiger partial charge is 0.0224 e. The molecule has 1 aliphatic carbocycles. The minimum Gasteiger partial charge on any atom is -0.298 e. The first-order valence-electron chi connectivity index (χ1n) is 6.81. The Hall–Kier alpha value is -0.0800. The van der Waals surface area contributed by atoms with E-state index in [-0.39, 0.29) is 0 Å². The Bertz CT molecular complexity index is 229. The van der Waals surface area contributed by atoms with Crippen molar-refractivity contribution in [1.82, 2.24) is 9.80 Å². The highest BCUT2D eigenvalue weighted by Gasteiger charge is 2.35. The van der Waals surface area contributed by atoms with E-state index >= 15 is 0 Å². The number of piperazine rings is 1. The molecule has 86 valence electrons. The third kappa shape index (κ3) is 1.94. The Balaban J connectivity index is 1.59.